The first-order valence-corrected chi connectivity index (χ1v) is 7.25. The van der Waals surface area contributed by atoms with Gasteiger partial charge in [-0.3, -0.25) is 9.79 Å². The monoisotopic (exact) mass is 356 g/mol. The molecule has 0 saturated carbocycles. The third kappa shape index (κ3) is 4.25. The van der Waals surface area contributed by atoms with Crippen LogP contribution in [-0.2, 0) is 9.53 Å². The van der Waals surface area contributed by atoms with Crippen LogP contribution in [0.1, 0.15) is 20.8 Å². The van der Waals surface area contributed by atoms with Gasteiger partial charge in [0.15, 0.2) is 0 Å². The van der Waals surface area contributed by atoms with Crippen molar-refractivity contribution < 1.29 is 19.4 Å². The summed E-state index contributed by atoms with van der Waals surface area (Å²) in [6, 6.07) is -0.864. The Kier molecular flexibility index (Phi) is 5.90. The van der Waals surface area contributed by atoms with Gasteiger partial charge in [-0.05, 0) is 20.8 Å². The summed E-state index contributed by atoms with van der Waals surface area (Å²) in [4.78, 5) is 29.0. The van der Waals surface area contributed by atoms with Crippen LogP contribution in [0.25, 0.3) is 0 Å². The molecule has 0 radical (unpaired) electrons. The molecule has 1 aliphatic heterocycles. The van der Waals surface area contributed by atoms with Crippen molar-refractivity contribution in [2.45, 2.75) is 30.6 Å². The summed E-state index contributed by atoms with van der Waals surface area (Å²) >= 11 is 16.4. The quantitative estimate of drug-likeness (QED) is 0.622. The molecule has 1 N–H and O–H groups in total. The number of imide groups is 1. The lowest BCUT2D eigenvalue weighted by atomic mass is 10.1. The van der Waals surface area contributed by atoms with Gasteiger partial charge in [-0.25, -0.2) is 9.69 Å². The lowest BCUT2D eigenvalue weighted by molar-refractivity contribution is -0.124. The molecule has 0 bridgehead atoms. The lowest BCUT2D eigenvalue weighted by Gasteiger charge is -2.21. The minimum Gasteiger partial charge on any atom is -0.509 e. The van der Waals surface area contributed by atoms with Gasteiger partial charge in [0.25, 0.3) is 5.91 Å². The van der Waals surface area contributed by atoms with E-state index < -0.39 is 28.4 Å². The SMILES string of the molecule is CCN=C(C)C1=C(O)[C@H](C)N(C(=O)OCC(Cl)(Cl)Cl)C1=O. The highest BCUT2D eigenvalue weighted by Crippen LogP contribution is 2.29. The molecule has 0 spiro atoms. The third-order valence-corrected chi connectivity index (χ3v) is 3.11. The number of hydrogen-bond donors (Lipinski definition) is 1. The van der Waals surface area contributed by atoms with Gasteiger partial charge >= 0.3 is 6.09 Å². The van der Waals surface area contributed by atoms with Crippen molar-refractivity contribution >= 4 is 52.5 Å². The van der Waals surface area contributed by atoms with E-state index in [2.05, 4.69) is 4.99 Å². The molecule has 1 aliphatic rings. The average Bonchev–Trinajstić information content (AvgIpc) is 2.57. The summed E-state index contributed by atoms with van der Waals surface area (Å²) < 4.78 is 2.98. The summed E-state index contributed by atoms with van der Waals surface area (Å²) in [6.45, 7) is 4.79. The normalized spacial score (nSPS) is 20.3. The van der Waals surface area contributed by atoms with Crippen LogP contribution in [0.5, 0.6) is 0 Å². The van der Waals surface area contributed by atoms with Crippen molar-refractivity contribution in [3.63, 3.8) is 0 Å². The van der Waals surface area contributed by atoms with Crippen molar-refractivity contribution in [3.05, 3.63) is 11.3 Å². The molecular weight excluding hydrogens is 343 g/mol. The Morgan fingerprint density at radius 2 is 2.05 bits per heavy atom. The standard InChI is InChI=1S/C12H15Cl3N2O4/c1-4-16-6(2)8-9(18)7(3)17(10(8)19)11(20)21-5-12(13,14)15/h7,18H,4-5H2,1-3H3/t7-/m0/s1. The largest absolute Gasteiger partial charge is 0.509 e. The van der Waals surface area contributed by atoms with Gasteiger partial charge in [0.05, 0.1) is 6.04 Å². The number of rotatable bonds is 3. The lowest BCUT2D eigenvalue weighted by Crippen LogP contribution is -2.41. The maximum Gasteiger partial charge on any atom is 0.417 e. The number of carbonyl (C=O) groups excluding carboxylic acids is 2. The summed E-state index contributed by atoms with van der Waals surface area (Å²) in [5, 5.41) is 10.0. The molecule has 0 saturated heterocycles. The average molecular weight is 358 g/mol. The number of amides is 2. The first kappa shape index (κ1) is 18.1. The number of aliphatic hydroxyl groups is 1. The van der Waals surface area contributed by atoms with Gasteiger partial charge in [-0.15, -0.1) is 0 Å². The number of nitrogens with zero attached hydrogens (tertiary/aromatic N) is 2. The van der Waals surface area contributed by atoms with Gasteiger partial charge in [-0.2, -0.15) is 0 Å². The van der Waals surface area contributed by atoms with E-state index in [1.54, 1.807) is 13.8 Å². The van der Waals surface area contributed by atoms with Crippen LogP contribution in [0.15, 0.2) is 16.3 Å². The van der Waals surface area contributed by atoms with E-state index in [1.165, 1.54) is 6.92 Å². The molecule has 0 aliphatic carbocycles. The summed E-state index contributed by atoms with van der Waals surface area (Å²) in [7, 11) is 0. The van der Waals surface area contributed by atoms with Gasteiger partial charge < -0.3 is 9.84 Å². The molecule has 0 aromatic rings. The number of carbonyl (C=O) groups is 2. The smallest absolute Gasteiger partial charge is 0.417 e. The molecule has 1 atom stereocenters. The van der Waals surface area contributed by atoms with E-state index >= 15 is 0 Å². The topological polar surface area (TPSA) is 79.2 Å². The number of alkyl halides is 3. The second-order valence-electron chi connectivity index (χ2n) is 4.34. The van der Waals surface area contributed by atoms with Gasteiger partial charge in [-0.1, -0.05) is 34.8 Å². The van der Waals surface area contributed by atoms with Crippen LogP contribution in [0.3, 0.4) is 0 Å². The first-order chi connectivity index (χ1) is 9.60. The number of aliphatic hydroxyl groups excluding tert-OH is 1. The second kappa shape index (κ2) is 6.85. The van der Waals surface area contributed by atoms with E-state index in [9.17, 15) is 14.7 Å². The Morgan fingerprint density at radius 3 is 2.52 bits per heavy atom. The molecule has 118 valence electrons. The molecule has 0 fully saturated rings. The predicted octanol–water partition coefficient (Wildman–Crippen LogP) is 3.02. The molecular formula is C12H15Cl3N2O4. The second-order valence-corrected chi connectivity index (χ2v) is 6.86. The van der Waals surface area contributed by atoms with Crippen molar-refractivity contribution in [3.8, 4) is 0 Å². The minimum absolute atomic E-state index is 0.00446. The van der Waals surface area contributed by atoms with Crippen molar-refractivity contribution in [2.75, 3.05) is 13.2 Å². The van der Waals surface area contributed by atoms with E-state index in [1.807, 2.05) is 0 Å². The Bertz CT molecular complexity index is 511. The molecule has 1 rings (SSSR count). The molecule has 9 heteroatoms. The van der Waals surface area contributed by atoms with Crippen LogP contribution in [0.4, 0.5) is 4.79 Å². The van der Waals surface area contributed by atoms with Gasteiger partial charge in [0.1, 0.15) is 17.9 Å². The number of halogens is 3. The van der Waals surface area contributed by atoms with E-state index in [4.69, 9.17) is 39.5 Å². The third-order valence-electron chi connectivity index (χ3n) is 2.78. The highest BCUT2D eigenvalue weighted by Gasteiger charge is 2.43. The highest BCUT2D eigenvalue weighted by molar-refractivity contribution is 6.67. The maximum atomic E-state index is 12.2. The fourth-order valence-electron chi connectivity index (χ4n) is 1.85. The maximum absolute atomic E-state index is 12.2. The Labute approximate surface area is 137 Å². The van der Waals surface area contributed by atoms with E-state index in [0.29, 0.717) is 12.3 Å². The van der Waals surface area contributed by atoms with Crippen LogP contribution < -0.4 is 0 Å². The van der Waals surface area contributed by atoms with Gasteiger partial charge in [0.2, 0.25) is 3.79 Å². The molecule has 2 amide bonds. The van der Waals surface area contributed by atoms with Crippen LogP contribution in [-0.4, -0.2) is 50.7 Å². The summed E-state index contributed by atoms with van der Waals surface area (Å²) in [5.74, 6) is -0.926. The first-order valence-electron chi connectivity index (χ1n) is 6.11. The predicted molar refractivity (Wildman–Crippen MR) is 81.3 cm³/mol. The highest BCUT2D eigenvalue weighted by atomic mass is 35.6. The molecule has 0 aromatic carbocycles. The van der Waals surface area contributed by atoms with Gasteiger partial charge in [0, 0.05) is 12.3 Å². The van der Waals surface area contributed by atoms with Crippen molar-refractivity contribution in [1.82, 2.24) is 4.90 Å². The van der Waals surface area contributed by atoms with Crippen molar-refractivity contribution in [1.29, 1.82) is 0 Å². The molecule has 1 heterocycles. The van der Waals surface area contributed by atoms with E-state index in [-0.39, 0.29) is 11.3 Å². The fraction of sp³-hybridized carbons (Fsp3) is 0.583. The summed E-state index contributed by atoms with van der Waals surface area (Å²) in [5.41, 5.74) is 0.346. The number of hydrogen-bond acceptors (Lipinski definition) is 5. The molecule has 0 unspecified atom stereocenters. The van der Waals surface area contributed by atoms with Crippen LogP contribution in [0.2, 0.25) is 0 Å². The Balaban J connectivity index is 2.93. The molecule has 21 heavy (non-hydrogen) atoms. The zero-order chi connectivity index (χ0) is 16.4. The number of aliphatic imine (C=N–C) groups is 1. The Morgan fingerprint density at radius 1 is 1.48 bits per heavy atom. The molecule has 6 nitrogen and oxygen atoms in total. The Hall–Kier alpha value is -0.980. The zero-order valence-corrected chi connectivity index (χ0v) is 14.0. The zero-order valence-electron chi connectivity index (χ0n) is 11.7. The summed E-state index contributed by atoms with van der Waals surface area (Å²) in [6.07, 6.45) is -0.996. The van der Waals surface area contributed by atoms with Crippen LogP contribution >= 0.6 is 34.8 Å². The minimum atomic E-state index is -1.78. The molecule has 0 aromatic heterocycles. The number of ether oxygens (including phenoxy) is 1. The van der Waals surface area contributed by atoms with Crippen molar-refractivity contribution in [2.24, 2.45) is 4.99 Å². The van der Waals surface area contributed by atoms with E-state index in [0.717, 1.165) is 4.90 Å². The fourth-order valence-corrected chi connectivity index (χ4v) is 2.01. The van der Waals surface area contributed by atoms with Crippen LogP contribution in [0, 0.1) is 0 Å².